The first-order valence-electron chi connectivity index (χ1n) is 23.7. The predicted molar refractivity (Wildman–Crippen MR) is 285 cm³/mol. The number of hydrogen-bond donors (Lipinski definition) is 1. The molecule has 0 radical (unpaired) electrons. The molecule has 5 fully saturated rings. The lowest BCUT2D eigenvalue weighted by atomic mass is 9.44. The summed E-state index contributed by atoms with van der Waals surface area (Å²) in [6.07, 6.45) is 3.47. The van der Waals surface area contributed by atoms with Crippen LogP contribution in [0.5, 0.6) is 0 Å². The number of ether oxygens (including phenoxy) is 3. The van der Waals surface area contributed by atoms with Crippen LogP contribution in [0.25, 0.3) is 10.4 Å². The van der Waals surface area contributed by atoms with Crippen LogP contribution in [0, 0.1) is 34.5 Å². The zero-order chi connectivity index (χ0) is 46.7. The van der Waals surface area contributed by atoms with Crippen LogP contribution < -0.4 is 10.4 Å². The molecule has 0 unspecified atom stereocenters. The zero-order valence-electron chi connectivity index (χ0n) is 45.1. The number of benzene rings is 2. The van der Waals surface area contributed by atoms with E-state index in [1.165, 1.54) is 6.92 Å². The maximum absolute atomic E-state index is 14.0. The number of hydrogen-bond acceptors (Lipinski definition) is 9. The van der Waals surface area contributed by atoms with E-state index in [1.54, 1.807) is 0 Å². The van der Waals surface area contributed by atoms with Crippen molar-refractivity contribution in [2.24, 2.45) is 39.6 Å². The maximum atomic E-state index is 14.0. The predicted octanol–water partition coefficient (Wildman–Crippen LogP) is 2.14. The molecule has 0 bridgehead atoms. The first-order valence-corrected chi connectivity index (χ1v) is 28.6. The molecule has 2 aromatic carbocycles. The number of fused-ring (bicyclic) bond motifs is 7. The number of azide groups is 1. The number of carbonyl (C=O) groups is 2. The molecule has 73 heavy (non-hydrogen) atoms. The van der Waals surface area contributed by atoms with Gasteiger partial charge in [-0.3, -0.25) is 9.59 Å². The number of rotatable bonds is 9. The van der Waals surface area contributed by atoms with Crippen LogP contribution in [0.1, 0.15) is 115 Å². The van der Waals surface area contributed by atoms with Gasteiger partial charge < -0.3 is 77.5 Å². The molecule has 1 spiro atoms. The SMILES string of the molecule is CC(=O)O[C@@H]1C[C@H]2[C@@H](CC[C@H]3CC(=O)[C@H](N=[N+]=[N-])C[C@@]32C)C2=C[C@@H]3O[C@]4(O[C@](C)(CO[Si](C)(C)C(C)(C)C)C[C@H]4O[Si](c4ccccc4)(c4ccccc4)C(C)(C)C)[C@@H](C)[C@]3(O)[C@]21C.O.O.O.O.O.O.O.O.O. The lowest BCUT2D eigenvalue weighted by molar-refractivity contribution is -0.277. The number of Topliss-reactive ketones (excluding diaryl/α,β-unsaturated/α-hetero) is 1. The van der Waals surface area contributed by atoms with E-state index < -0.39 is 75.3 Å². The molecule has 2 heterocycles. The van der Waals surface area contributed by atoms with Gasteiger partial charge >= 0.3 is 5.97 Å². The van der Waals surface area contributed by atoms with Crippen LogP contribution >= 0.6 is 0 Å². The molecule has 2 aliphatic heterocycles. The zero-order valence-corrected chi connectivity index (χ0v) is 47.1. The summed E-state index contributed by atoms with van der Waals surface area (Å²) in [5.41, 5.74) is 6.66. The Morgan fingerprint density at radius 1 is 0.836 bits per heavy atom. The van der Waals surface area contributed by atoms with Gasteiger partial charge in [0.15, 0.2) is 8.32 Å². The number of esters is 1. The van der Waals surface area contributed by atoms with Crippen molar-refractivity contribution in [1.29, 1.82) is 0 Å². The second-order valence-corrected chi connectivity index (χ2v) is 32.7. The topological polar surface area (TPSA) is 433 Å². The summed E-state index contributed by atoms with van der Waals surface area (Å²) >= 11 is 0. The lowest BCUT2D eigenvalue weighted by Gasteiger charge is -2.62. The van der Waals surface area contributed by atoms with Crippen LogP contribution in [-0.4, -0.2) is 131 Å². The Kier molecular flexibility index (Phi) is 23.3. The molecule has 0 aromatic heterocycles. The minimum Gasteiger partial charge on any atom is -0.462 e. The highest BCUT2D eigenvalue weighted by Crippen LogP contribution is 2.72. The van der Waals surface area contributed by atoms with E-state index in [4.69, 9.17) is 23.1 Å². The molecule has 4 aliphatic carbocycles. The molecular weight excluding hydrogens is 983 g/mol. The molecule has 20 nitrogen and oxygen atoms in total. The van der Waals surface area contributed by atoms with Gasteiger partial charge in [0.25, 0.3) is 8.32 Å². The van der Waals surface area contributed by atoms with Gasteiger partial charge in [-0.25, -0.2) is 0 Å². The monoisotopic (exact) mass is 1070 g/mol. The van der Waals surface area contributed by atoms with Crippen LogP contribution in [0.2, 0.25) is 23.2 Å². The second-order valence-electron chi connectivity index (χ2n) is 23.6. The summed E-state index contributed by atoms with van der Waals surface area (Å²) in [5, 5.41) is 19.9. The highest BCUT2D eigenvalue weighted by molar-refractivity contribution is 6.99. The fraction of sp³-hybridized carbons (Fsp3) is 0.686. The van der Waals surface area contributed by atoms with Gasteiger partial charge in [-0.05, 0) is 102 Å². The van der Waals surface area contributed by atoms with E-state index in [0.717, 1.165) is 28.8 Å². The van der Waals surface area contributed by atoms with E-state index in [1.807, 2.05) is 12.1 Å². The van der Waals surface area contributed by atoms with Gasteiger partial charge in [-0.2, -0.15) is 0 Å². The van der Waals surface area contributed by atoms with Gasteiger partial charge in [-0.1, -0.05) is 133 Å². The molecular formula is C51H91N3O17Si2. The largest absolute Gasteiger partial charge is 0.462 e. The summed E-state index contributed by atoms with van der Waals surface area (Å²) in [5.74, 6) is -2.32. The summed E-state index contributed by atoms with van der Waals surface area (Å²) in [6.45, 7) is 28.3. The smallest absolute Gasteiger partial charge is 0.302 e. The van der Waals surface area contributed by atoms with Crippen molar-refractivity contribution in [3.63, 3.8) is 0 Å². The van der Waals surface area contributed by atoms with Crippen LogP contribution in [0.15, 0.2) is 77.4 Å². The molecule has 13 atom stereocenters. The average Bonchev–Trinajstić information content (AvgIpc) is 3.72. The van der Waals surface area contributed by atoms with Crippen molar-refractivity contribution in [2.75, 3.05) is 6.61 Å². The normalized spacial score (nSPS) is 34.7. The molecule has 2 saturated heterocycles. The summed E-state index contributed by atoms with van der Waals surface area (Å²) in [6, 6.07) is 20.5. The van der Waals surface area contributed by atoms with Crippen LogP contribution in [-0.2, 0) is 32.7 Å². The van der Waals surface area contributed by atoms with E-state index in [-0.39, 0.29) is 88.3 Å². The third-order valence-corrected chi connectivity index (χ3v) is 27.6. The van der Waals surface area contributed by atoms with Gasteiger partial charge in [0, 0.05) is 30.6 Å². The Labute approximate surface area is 432 Å². The number of nitrogens with zero attached hydrogens (tertiary/aromatic N) is 3. The van der Waals surface area contributed by atoms with Gasteiger partial charge in [0.1, 0.15) is 29.7 Å². The highest BCUT2D eigenvalue weighted by atomic mass is 28.4. The van der Waals surface area contributed by atoms with Crippen molar-refractivity contribution >= 4 is 38.8 Å². The van der Waals surface area contributed by atoms with Crippen LogP contribution in [0.4, 0.5) is 0 Å². The van der Waals surface area contributed by atoms with Crippen LogP contribution in [0.3, 0.4) is 0 Å². The second kappa shape index (κ2) is 23.8. The fourth-order valence-electron chi connectivity index (χ4n) is 13.6. The van der Waals surface area contributed by atoms with Crippen molar-refractivity contribution in [2.45, 2.75) is 179 Å². The Morgan fingerprint density at radius 3 is 1.85 bits per heavy atom. The molecule has 22 heteroatoms. The van der Waals surface area contributed by atoms with Gasteiger partial charge in [0.2, 0.25) is 5.79 Å². The first-order chi connectivity index (χ1) is 29.7. The van der Waals surface area contributed by atoms with Gasteiger partial charge in [-0.15, -0.1) is 0 Å². The minimum atomic E-state index is -3.22. The summed E-state index contributed by atoms with van der Waals surface area (Å²) in [4.78, 5) is 29.5. The molecule has 8 rings (SSSR count). The lowest BCUT2D eigenvalue weighted by Crippen LogP contribution is -2.70. The van der Waals surface area contributed by atoms with E-state index in [2.05, 4.69) is 147 Å². The van der Waals surface area contributed by atoms with E-state index in [9.17, 15) is 20.2 Å². The Morgan fingerprint density at radius 2 is 1.37 bits per heavy atom. The van der Waals surface area contributed by atoms with E-state index in [0.29, 0.717) is 32.3 Å². The quantitative estimate of drug-likeness (QED) is 0.0966. The number of carbonyl (C=O) groups excluding carboxylic acids is 2. The maximum Gasteiger partial charge on any atom is 0.302 e. The Bertz CT molecular complexity index is 2200. The van der Waals surface area contributed by atoms with Crippen molar-refractivity contribution in [3.05, 3.63) is 82.8 Å². The van der Waals surface area contributed by atoms with E-state index >= 15 is 0 Å². The van der Waals surface area contributed by atoms with Crippen molar-refractivity contribution in [3.8, 4) is 0 Å². The van der Waals surface area contributed by atoms with Crippen molar-refractivity contribution < 1.29 is 87.0 Å². The number of ketones is 1. The summed E-state index contributed by atoms with van der Waals surface area (Å²) in [7, 11) is -5.46. The third kappa shape index (κ3) is 10.7. The molecule has 3 saturated carbocycles. The fourth-order valence-corrected chi connectivity index (χ4v) is 19.4. The number of aliphatic hydroxyl groups is 1. The highest BCUT2D eigenvalue weighted by Gasteiger charge is 2.80. The average molecular weight is 1070 g/mol. The van der Waals surface area contributed by atoms with Gasteiger partial charge in [0.05, 0.1) is 23.7 Å². The Balaban J connectivity index is 0. The molecule has 6 aliphatic rings. The Hall–Kier alpha value is -3.50. The molecule has 0 amide bonds. The first kappa shape index (κ1) is 71.6. The molecule has 420 valence electrons. The third-order valence-electron chi connectivity index (χ3n) is 18.1. The standard InChI is InChI=1S/C51H73N3O8Si2.9H2O/c1-32-50(57)43(28-39-37-25-24-34-26-41(56)40(53-54-52)29-48(34,10)38(37)27-42(49(39,50)11)59-33(2)55)60-51(32)44(30-47(9,62-51)31-58-63(12,13)45(3,4)5)61-64(46(6,7)8,35-20-16-14-17-21-35)36-22-18-15-19-23-36;;;;;;;;;/h14-23,28,32,34,37-38,40,42-44,57H,24-27,29-31H2,1-13H3;9*1H2/t32-,34-,37+,38-,40+,42+,43-,44+,47-,48-,49+,50+,51-;;;;;;;;;/m0........./s1. The summed E-state index contributed by atoms with van der Waals surface area (Å²) < 4.78 is 36.6. The van der Waals surface area contributed by atoms with Crippen molar-refractivity contribution in [1.82, 2.24) is 0 Å². The molecule has 19 N–H and O–H groups in total. The minimum absolute atomic E-state index is 0. The molecule has 2 aromatic rings.